The Kier molecular flexibility index (Phi) is 77.0. The van der Waals surface area contributed by atoms with Gasteiger partial charge in [0.1, 0.15) is 0 Å². The van der Waals surface area contributed by atoms with Crippen molar-refractivity contribution in [1.82, 2.24) is 0 Å². The molecule has 0 N–H and O–H groups in total. The molecule has 0 saturated heterocycles. The van der Waals surface area contributed by atoms with Crippen LogP contribution in [0.2, 0.25) is 0 Å². The maximum absolute atomic E-state index is 5.80. The summed E-state index contributed by atoms with van der Waals surface area (Å²) in [5.74, 6) is 4.56. The van der Waals surface area contributed by atoms with Gasteiger partial charge >= 0.3 is 18.6 Å². The molecular formula is C64H136O8P4S8V. The molecule has 8 unspecified atom stereocenters. The van der Waals surface area contributed by atoms with E-state index in [9.17, 15) is 0 Å². The summed E-state index contributed by atoms with van der Waals surface area (Å²) < 4.78 is 46.4. The van der Waals surface area contributed by atoms with Gasteiger partial charge in [0.15, 0.2) is 0 Å². The van der Waals surface area contributed by atoms with Crippen LogP contribution in [0.4, 0.5) is 0 Å². The Bertz CT molecular complexity index is 1290. The summed E-state index contributed by atoms with van der Waals surface area (Å²) in [5.41, 5.74) is -9.90. The number of unbranched alkanes of at least 4 members (excludes halogenated alkanes) is 8. The molecule has 21 heteroatoms. The Hall–Kier alpha value is 4.26. The maximum atomic E-state index is 5.80. The van der Waals surface area contributed by atoms with Crippen LogP contribution in [0.25, 0.3) is 0 Å². The Morgan fingerprint density at radius 3 is 0.388 bits per heavy atom. The minimum absolute atomic E-state index is 0. The molecule has 0 aliphatic rings. The first kappa shape index (κ1) is 97.9. The van der Waals surface area contributed by atoms with Crippen LogP contribution < -0.4 is 0 Å². The third kappa shape index (κ3) is 65.3. The standard InChI is InChI=1S/4C16H35O2PS2.V/c4*1-5-9-11-15(7-3)13-17-19(20,21)18-14-16(8-4)12-10-6-2;/h4*15-16H,5-14H2,1-4H3,(H,20,21);/q;;;;+4/p-4. The second-order valence-corrected chi connectivity index (χ2v) is 43.4. The van der Waals surface area contributed by atoms with E-state index in [0.29, 0.717) is 100 Å². The molecule has 0 aliphatic carbocycles. The van der Waals surface area contributed by atoms with Gasteiger partial charge in [-0.1, -0.05) is 312 Å². The molecule has 0 aromatic carbocycles. The van der Waals surface area contributed by atoms with Crippen LogP contribution in [0.1, 0.15) is 316 Å². The van der Waals surface area contributed by atoms with Gasteiger partial charge in [-0.25, -0.2) is 0 Å². The molecule has 0 bridgehead atoms. The van der Waals surface area contributed by atoms with Crippen molar-refractivity contribution in [2.75, 3.05) is 52.9 Å². The average molecular weight is 1470 g/mol. The fourth-order valence-electron chi connectivity index (χ4n) is 8.91. The minimum Gasteiger partial charge on any atom is -0.691 e. The third-order valence-electron chi connectivity index (χ3n) is 16.1. The van der Waals surface area contributed by atoms with Crippen LogP contribution in [-0.4, -0.2) is 52.9 Å². The Morgan fingerprint density at radius 1 is 0.224 bits per heavy atom. The van der Waals surface area contributed by atoms with E-state index >= 15 is 0 Å². The van der Waals surface area contributed by atoms with Gasteiger partial charge in [-0.2, -0.15) is 0 Å². The van der Waals surface area contributed by atoms with Crippen molar-refractivity contribution in [2.24, 2.45) is 47.3 Å². The summed E-state index contributed by atoms with van der Waals surface area (Å²) in [6, 6.07) is 0. The van der Waals surface area contributed by atoms with Crippen molar-refractivity contribution in [3.8, 4) is 0 Å². The second-order valence-electron chi connectivity index (χ2n) is 23.5. The quantitative estimate of drug-likeness (QED) is 0.0428. The molecule has 0 aromatic rings. The van der Waals surface area contributed by atoms with Crippen molar-refractivity contribution in [3.63, 3.8) is 0 Å². The van der Waals surface area contributed by atoms with Crippen molar-refractivity contribution >= 4 is 119 Å². The number of hydrogen-bond donors (Lipinski definition) is 0. The summed E-state index contributed by atoms with van der Waals surface area (Å²) in [4.78, 5) is 0. The molecule has 513 valence electrons. The minimum atomic E-state index is -2.47. The Labute approximate surface area is 584 Å². The Morgan fingerprint density at radius 2 is 0.318 bits per heavy atom. The van der Waals surface area contributed by atoms with Crippen molar-refractivity contribution in [1.29, 1.82) is 0 Å². The van der Waals surface area contributed by atoms with E-state index in [1.165, 1.54) is 154 Å². The smallest absolute Gasteiger partial charge is 0.691 e. The Balaban J connectivity index is -0.000000333. The first-order chi connectivity index (χ1) is 39.9. The molecule has 0 spiro atoms. The summed E-state index contributed by atoms with van der Waals surface area (Å²) in [6.07, 6.45) is 38.4. The van der Waals surface area contributed by atoms with E-state index < -0.39 is 22.8 Å². The van der Waals surface area contributed by atoms with Crippen molar-refractivity contribution in [3.05, 3.63) is 0 Å². The summed E-state index contributed by atoms with van der Waals surface area (Å²) in [6.45, 7) is 40.7. The molecule has 0 aliphatic heterocycles. The fraction of sp³-hybridized carbons (Fsp3) is 1.00. The largest absolute Gasteiger partial charge is 4.00 e. The van der Waals surface area contributed by atoms with E-state index in [1.807, 2.05) is 0 Å². The van der Waals surface area contributed by atoms with Crippen LogP contribution in [0.3, 0.4) is 0 Å². The zero-order valence-electron chi connectivity index (χ0n) is 57.7. The monoisotopic (exact) mass is 1460 g/mol. The normalized spacial score (nSPS) is 17.2. The van der Waals surface area contributed by atoms with Gasteiger partial charge in [0.25, 0.3) is 0 Å². The van der Waals surface area contributed by atoms with Gasteiger partial charge < -0.3 is 85.2 Å². The molecule has 8 nitrogen and oxygen atoms in total. The molecule has 1 radical (unpaired) electrons. The summed E-state index contributed by atoms with van der Waals surface area (Å²) in [7, 11) is 0. The topological polar surface area (TPSA) is 73.8 Å². The van der Waals surface area contributed by atoms with Gasteiger partial charge in [-0.05, 0) is 98.7 Å². The van der Waals surface area contributed by atoms with Gasteiger partial charge in [0.2, 0.25) is 0 Å². The summed E-state index contributed by atoms with van der Waals surface area (Å²) in [5, 5.41) is 0. The van der Waals surface area contributed by atoms with Crippen molar-refractivity contribution in [2.45, 2.75) is 316 Å². The van der Waals surface area contributed by atoms with Crippen LogP contribution in [-0.2, 0) is 151 Å². The zero-order chi connectivity index (χ0) is 64.6. The molecule has 0 amide bonds. The summed E-state index contributed by atoms with van der Waals surface area (Å²) >= 11 is 43.1. The fourth-order valence-corrected chi connectivity index (χ4v) is 15.3. The maximum Gasteiger partial charge on any atom is 4.00 e. The zero-order valence-corrected chi connectivity index (χ0v) is 69.2. The molecule has 0 saturated carbocycles. The number of rotatable bonds is 56. The molecular weight excluding hydrogens is 1330 g/mol. The molecule has 0 fully saturated rings. The van der Waals surface area contributed by atoms with Gasteiger partial charge in [0.05, 0.1) is 75.6 Å². The van der Waals surface area contributed by atoms with E-state index in [4.69, 9.17) is 132 Å². The third-order valence-corrected chi connectivity index (χ3v) is 24.9. The van der Waals surface area contributed by atoms with Crippen LogP contribution in [0.15, 0.2) is 0 Å². The van der Waals surface area contributed by atoms with Crippen LogP contribution in [0.5, 0.6) is 0 Å². The molecule has 0 heterocycles. The van der Waals surface area contributed by atoms with E-state index in [-0.39, 0.29) is 18.6 Å². The van der Waals surface area contributed by atoms with Gasteiger partial charge in [-0.3, -0.25) is 0 Å². The van der Waals surface area contributed by atoms with Gasteiger partial charge in [0, 0.05) is 0 Å². The average Bonchev–Trinajstić information content (AvgIpc) is 3.55. The first-order valence-corrected chi connectivity index (χ1v) is 48.9. The molecule has 0 rings (SSSR count). The molecule has 8 atom stereocenters. The molecule has 85 heavy (non-hydrogen) atoms. The van der Waals surface area contributed by atoms with E-state index in [2.05, 4.69) is 111 Å². The second kappa shape index (κ2) is 66.9. The van der Waals surface area contributed by atoms with Gasteiger partial charge in [-0.15, -0.1) is 0 Å². The van der Waals surface area contributed by atoms with Crippen LogP contribution in [0, 0.1) is 47.3 Å². The predicted octanol–water partition coefficient (Wildman–Crippen LogP) is 24.9. The molecule has 0 aromatic heterocycles. The SMILES string of the molecule is CCCCC(CC)COP(=S)([S-])OCC(CC)CCCC.CCCCC(CC)COP(=S)([S-])OCC(CC)CCCC.CCCCC(CC)COP(=S)([S-])OCC(CC)CCCC.CCCCC(CC)COP(=S)([S-])OCC(CC)CCCC.[V+4]. The van der Waals surface area contributed by atoms with Crippen molar-refractivity contribution < 1.29 is 54.7 Å². The predicted molar refractivity (Wildman–Crippen MR) is 401 cm³/mol. The van der Waals surface area contributed by atoms with Crippen LogP contribution >= 0.6 is 22.8 Å². The first-order valence-electron chi connectivity index (χ1n) is 34.3. The number of hydrogen-bond acceptors (Lipinski definition) is 16. The van der Waals surface area contributed by atoms with E-state index in [0.717, 1.165) is 51.4 Å². The van der Waals surface area contributed by atoms with E-state index in [1.54, 1.807) is 0 Å².